The molecule has 0 spiro atoms. The second-order valence-electron chi connectivity index (χ2n) is 3.86. The van der Waals surface area contributed by atoms with Crippen molar-refractivity contribution in [1.82, 2.24) is 9.38 Å². The quantitative estimate of drug-likeness (QED) is 0.691. The summed E-state index contributed by atoms with van der Waals surface area (Å²) in [4.78, 5) is 6.89. The van der Waals surface area contributed by atoms with E-state index in [9.17, 15) is 0 Å². The van der Waals surface area contributed by atoms with Gasteiger partial charge >= 0.3 is 0 Å². The van der Waals surface area contributed by atoms with Crippen molar-refractivity contribution in [1.29, 1.82) is 0 Å². The van der Waals surface area contributed by atoms with Crippen molar-refractivity contribution in [2.45, 2.75) is 6.92 Å². The number of aryl methyl sites for hydroxylation is 1. The van der Waals surface area contributed by atoms with E-state index in [1.807, 2.05) is 30.5 Å². The number of methoxy groups -OCH3 is 1. The molecule has 3 rings (SSSR count). The fourth-order valence-electron chi connectivity index (χ4n) is 1.90. The van der Waals surface area contributed by atoms with E-state index in [2.05, 4.69) is 22.5 Å². The molecule has 0 aliphatic heterocycles. The Kier molecular flexibility index (Phi) is 2.37. The Labute approximate surface area is 103 Å². The maximum absolute atomic E-state index is 5.35. The summed E-state index contributed by atoms with van der Waals surface area (Å²) in [5.74, 6) is 0.856. The largest absolute Gasteiger partial charge is 0.496 e. The predicted molar refractivity (Wildman–Crippen MR) is 69.8 cm³/mol. The van der Waals surface area contributed by atoms with Crippen LogP contribution in [0.1, 0.15) is 4.88 Å². The molecule has 0 bridgehead atoms. The van der Waals surface area contributed by atoms with E-state index < -0.39 is 0 Å². The zero-order chi connectivity index (χ0) is 11.8. The molecule has 1 aromatic carbocycles. The number of thiazole rings is 1. The average Bonchev–Trinajstić information content (AvgIpc) is 2.86. The number of rotatable bonds is 2. The number of para-hydroxylation sites is 1. The standard InChI is InChI=1S/C13H12N2OS/c1-9-7-15-8-11(14-13(15)17-9)10-5-3-4-6-12(10)16-2/h3-8H,1-2H3. The van der Waals surface area contributed by atoms with Crippen LogP contribution in [0.5, 0.6) is 5.75 Å². The Hall–Kier alpha value is -1.81. The molecule has 17 heavy (non-hydrogen) atoms. The molecule has 3 aromatic rings. The van der Waals surface area contributed by atoms with Gasteiger partial charge in [0.15, 0.2) is 4.96 Å². The van der Waals surface area contributed by atoms with Gasteiger partial charge in [0.25, 0.3) is 0 Å². The van der Waals surface area contributed by atoms with Crippen LogP contribution in [-0.2, 0) is 0 Å². The summed E-state index contributed by atoms with van der Waals surface area (Å²) in [6, 6.07) is 7.94. The van der Waals surface area contributed by atoms with Gasteiger partial charge in [0.2, 0.25) is 0 Å². The molecule has 0 radical (unpaired) electrons. The van der Waals surface area contributed by atoms with Crippen molar-refractivity contribution < 1.29 is 4.74 Å². The lowest BCUT2D eigenvalue weighted by Gasteiger charge is -2.04. The molecule has 4 heteroatoms. The Bertz CT molecular complexity index is 637. The lowest BCUT2D eigenvalue weighted by atomic mass is 10.1. The summed E-state index contributed by atoms with van der Waals surface area (Å²) in [7, 11) is 1.68. The molecule has 0 unspecified atom stereocenters. The SMILES string of the molecule is COc1ccccc1-c1cn2cc(C)sc2n1. The number of nitrogens with zero attached hydrogens (tertiary/aromatic N) is 2. The highest BCUT2D eigenvalue weighted by Gasteiger charge is 2.10. The van der Waals surface area contributed by atoms with Crippen molar-refractivity contribution in [3.05, 3.63) is 41.5 Å². The summed E-state index contributed by atoms with van der Waals surface area (Å²) in [5.41, 5.74) is 1.98. The first-order valence-corrected chi connectivity index (χ1v) is 6.18. The maximum Gasteiger partial charge on any atom is 0.194 e. The van der Waals surface area contributed by atoms with Gasteiger partial charge in [0.05, 0.1) is 12.8 Å². The number of ether oxygens (including phenoxy) is 1. The van der Waals surface area contributed by atoms with E-state index in [-0.39, 0.29) is 0 Å². The van der Waals surface area contributed by atoms with Crippen molar-refractivity contribution >= 4 is 16.3 Å². The Morgan fingerprint density at radius 2 is 2.06 bits per heavy atom. The van der Waals surface area contributed by atoms with Gasteiger partial charge in [0.1, 0.15) is 5.75 Å². The first-order chi connectivity index (χ1) is 8.28. The molecule has 0 saturated heterocycles. The molecule has 3 nitrogen and oxygen atoms in total. The van der Waals surface area contributed by atoms with Crippen LogP contribution in [0.2, 0.25) is 0 Å². The second-order valence-corrected chi connectivity index (χ2v) is 5.07. The molecule has 0 atom stereocenters. The van der Waals surface area contributed by atoms with Gasteiger partial charge in [-0.3, -0.25) is 4.40 Å². The number of hydrogen-bond acceptors (Lipinski definition) is 3. The minimum Gasteiger partial charge on any atom is -0.496 e. The predicted octanol–water partition coefficient (Wildman–Crippen LogP) is 3.38. The fourth-order valence-corrected chi connectivity index (χ4v) is 2.71. The highest BCUT2D eigenvalue weighted by molar-refractivity contribution is 7.17. The topological polar surface area (TPSA) is 26.5 Å². The third-order valence-corrected chi connectivity index (χ3v) is 3.57. The molecule has 2 aromatic heterocycles. The monoisotopic (exact) mass is 244 g/mol. The molecular formula is C13H12N2OS. The molecule has 0 N–H and O–H groups in total. The van der Waals surface area contributed by atoms with Gasteiger partial charge in [-0.2, -0.15) is 0 Å². The Balaban J connectivity index is 2.16. The minimum absolute atomic E-state index is 0.856. The normalized spacial score (nSPS) is 10.9. The van der Waals surface area contributed by atoms with Crippen LogP contribution >= 0.6 is 11.3 Å². The van der Waals surface area contributed by atoms with Crippen molar-refractivity contribution in [2.75, 3.05) is 7.11 Å². The van der Waals surface area contributed by atoms with E-state index in [0.717, 1.165) is 22.0 Å². The van der Waals surface area contributed by atoms with Gasteiger partial charge < -0.3 is 4.74 Å². The third kappa shape index (κ3) is 1.70. The summed E-state index contributed by atoms with van der Waals surface area (Å²) in [5, 5.41) is 0. The van der Waals surface area contributed by atoms with E-state index in [1.165, 1.54) is 4.88 Å². The van der Waals surface area contributed by atoms with Gasteiger partial charge in [-0.1, -0.05) is 12.1 Å². The van der Waals surface area contributed by atoms with E-state index in [1.54, 1.807) is 18.4 Å². The van der Waals surface area contributed by atoms with Gasteiger partial charge in [0, 0.05) is 22.8 Å². The second kappa shape index (κ2) is 3.89. The lowest BCUT2D eigenvalue weighted by Crippen LogP contribution is -1.87. The molecule has 0 saturated carbocycles. The average molecular weight is 244 g/mol. The smallest absolute Gasteiger partial charge is 0.194 e. The Morgan fingerprint density at radius 1 is 1.24 bits per heavy atom. The lowest BCUT2D eigenvalue weighted by molar-refractivity contribution is 0.416. The maximum atomic E-state index is 5.35. The first-order valence-electron chi connectivity index (χ1n) is 5.36. The highest BCUT2D eigenvalue weighted by Crippen LogP contribution is 2.30. The van der Waals surface area contributed by atoms with E-state index >= 15 is 0 Å². The molecule has 2 heterocycles. The summed E-state index contributed by atoms with van der Waals surface area (Å²) >= 11 is 1.69. The number of imidazole rings is 1. The third-order valence-electron chi connectivity index (χ3n) is 2.65. The van der Waals surface area contributed by atoms with Gasteiger partial charge in [-0.15, -0.1) is 11.3 Å². The summed E-state index contributed by atoms with van der Waals surface area (Å²) in [6.07, 6.45) is 4.13. The number of fused-ring (bicyclic) bond motifs is 1. The van der Waals surface area contributed by atoms with Crippen LogP contribution in [0.25, 0.3) is 16.2 Å². The molecule has 0 fully saturated rings. The van der Waals surface area contributed by atoms with Crippen molar-refractivity contribution in [3.63, 3.8) is 0 Å². The van der Waals surface area contributed by atoms with Crippen LogP contribution < -0.4 is 4.74 Å². The molecular weight excluding hydrogens is 232 g/mol. The minimum atomic E-state index is 0.856. The zero-order valence-corrected chi connectivity index (χ0v) is 10.5. The number of benzene rings is 1. The van der Waals surface area contributed by atoms with Gasteiger partial charge in [-0.05, 0) is 19.1 Å². The van der Waals surface area contributed by atoms with E-state index in [0.29, 0.717) is 0 Å². The molecule has 0 amide bonds. The summed E-state index contributed by atoms with van der Waals surface area (Å²) < 4.78 is 7.41. The van der Waals surface area contributed by atoms with Gasteiger partial charge in [-0.25, -0.2) is 4.98 Å². The van der Waals surface area contributed by atoms with Crippen LogP contribution in [0, 0.1) is 6.92 Å². The Morgan fingerprint density at radius 3 is 2.82 bits per heavy atom. The van der Waals surface area contributed by atoms with Crippen molar-refractivity contribution in [3.8, 4) is 17.0 Å². The highest BCUT2D eigenvalue weighted by atomic mass is 32.1. The van der Waals surface area contributed by atoms with Crippen LogP contribution in [-0.4, -0.2) is 16.5 Å². The molecule has 0 aliphatic rings. The van der Waals surface area contributed by atoms with Crippen LogP contribution in [0.15, 0.2) is 36.7 Å². The fraction of sp³-hybridized carbons (Fsp3) is 0.154. The van der Waals surface area contributed by atoms with Crippen molar-refractivity contribution in [2.24, 2.45) is 0 Å². The molecule has 86 valence electrons. The van der Waals surface area contributed by atoms with Crippen LogP contribution in [0.3, 0.4) is 0 Å². The first kappa shape index (κ1) is 10.4. The number of hydrogen-bond donors (Lipinski definition) is 0. The summed E-state index contributed by atoms with van der Waals surface area (Å²) in [6.45, 7) is 2.09. The zero-order valence-electron chi connectivity index (χ0n) is 9.68. The number of aromatic nitrogens is 2. The van der Waals surface area contributed by atoms with Crippen LogP contribution in [0.4, 0.5) is 0 Å². The van der Waals surface area contributed by atoms with E-state index in [4.69, 9.17) is 4.74 Å². The molecule has 0 aliphatic carbocycles.